The van der Waals surface area contributed by atoms with Gasteiger partial charge in [-0.05, 0) is 96.1 Å². The fourth-order valence-corrected chi connectivity index (χ4v) is 6.22. The number of carboxylic acid groups (broad SMARTS) is 2. The predicted molar refractivity (Wildman–Crippen MR) is 241 cm³/mol. The van der Waals surface area contributed by atoms with Gasteiger partial charge in [-0.2, -0.15) is 26.3 Å². The monoisotopic (exact) mass is 954 g/mol. The Labute approximate surface area is 384 Å². The van der Waals surface area contributed by atoms with Crippen LogP contribution in [0.1, 0.15) is 63.7 Å². The quantitative estimate of drug-likeness (QED) is 0.0375. The Balaban J connectivity index is 0.000000289. The molecule has 6 aromatic carbocycles. The number of nitrogens with two attached hydrogens (primary N) is 2. The molecule has 0 aliphatic carbocycles. The van der Waals surface area contributed by atoms with Crippen molar-refractivity contribution in [1.29, 1.82) is 0 Å². The standard InChI is InChI=1S/C24H22F3N3O4.C22H18F3N3O4.ClH/c1-33-22(31)16-5-3-4-6-18(16)30-21-12-15(24(25,26)27)8-10-20(21)29-19-9-7-14(13-28)11-17(19)23(32)34-2;23-22(24,25)13-6-8-18(27-17-7-5-12(11-26)9-15(17)21(31)32)19(10-13)28-16-4-2-1-3-14(16)20(29)30;/h3-12,29-30H,13,28H2,1-2H3;1-10,27-28H,11,26H2,(H,29,30)(H,31,32);1H. The zero-order chi connectivity index (χ0) is 48.3. The summed E-state index contributed by atoms with van der Waals surface area (Å²) >= 11 is 0. The summed E-state index contributed by atoms with van der Waals surface area (Å²) in [6, 6.07) is 27.0. The highest BCUT2D eigenvalue weighted by atomic mass is 35.5. The first kappa shape index (κ1) is 51.8. The summed E-state index contributed by atoms with van der Waals surface area (Å²) in [5.74, 6) is -3.81. The number of nitrogens with one attached hydrogen (secondary N) is 4. The molecule has 6 aromatic rings. The number of esters is 2. The highest BCUT2D eigenvalue weighted by Gasteiger charge is 2.32. The summed E-state index contributed by atoms with van der Waals surface area (Å²) in [4.78, 5) is 47.5. The lowest BCUT2D eigenvalue weighted by molar-refractivity contribution is -0.138. The number of rotatable bonds is 14. The van der Waals surface area contributed by atoms with Gasteiger partial charge in [0.1, 0.15) is 0 Å². The van der Waals surface area contributed by atoms with Gasteiger partial charge in [-0.1, -0.05) is 36.4 Å². The first-order valence-electron chi connectivity index (χ1n) is 19.3. The Bertz CT molecular complexity index is 2770. The number of halogens is 7. The molecule has 0 unspecified atom stereocenters. The molecular formula is C46H41ClF6N6O8. The Morgan fingerprint density at radius 2 is 0.806 bits per heavy atom. The lowest BCUT2D eigenvalue weighted by Gasteiger charge is -2.19. The van der Waals surface area contributed by atoms with E-state index < -0.39 is 47.4 Å². The highest BCUT2D eigenvalue weighted by Crippen LogP contribution is 2.39. The molecule has 0 aliphatic heterocycles. The molecule has 0 heterocycles. The molecular weight excluding hydrogens is 914 g/mol. The van der Waals surface area contributed by atoms with Crippen LogP contribution in [0.2, 0.25) is 0 Å². The second kappa shape index (κ2) is 22.4. The second-order valence-electron chi connectivity index (χ2n) is 13.9. The third-order valence-electron chi connectivity index (χ3n) is 9.54. The molecule has 0 radical (unpaired) electrons. The average molecular weight is 955 g/mol. The van der Waals surface area contributed by atoms with Gasteiger partial charge in [0, 0.05) is 13.1 Å². The van der Waals surface area contributed by atoms with E-state index in [1.165, 1.54) is 74.9 Å². The fraction of sp³-hybridized carbons (Fsp3) is 0.130. The normalized spacial score (nSPS) is 10.9. The third-order valence-corrected chi connectivity index (χ3v) is 9.54. The molecule has 0 saturated heterocycles. The van der Waals surface area contributed by atoms with Crippen molar-refractivity contribution in [2.45, 2.75) is 25.4 Å². The number of carbonyl (C=O) groups is 4. The van der Waals surface area contributed by atoms with Gasteiger partial charge in [0.2, 0.25) is 0 Å². The van der Waals surface area contributed by atoms with E-state index >= 15 is 0 Å². The Morgan fingerprint density at radius 1 is 0.463 bits per heavy atom. The molecule has 0 spiro atoms. The van der Waals surface area contributed by atoms with Crippen LogP contribution < -0.4 is 32.7 Å². The van der Waals surface area contributed by atoms with Crippen molar-refractivity contribution in [2.24, 2.45) is 11.5 Å². The van der Waals surface area contributed by atoms with Crippen molar-refractivity contribution in [2.75, 3.05) is 35.5 Å². The predicted octanol–water partition coefficient (Wildman–Crippen LogP) is 10.7. The lowest BCUT2D eigenvalue weighted by Crippen LogP contribution is -2.11. The second-order valence-corrected chi connectivity index (χ2v) is 13.9. The van der Waals surface area contributed by atoms with Gasteiger partial charge in [0.15, 0.2) is 0 Å². The molecule has 21 heteroatoms. The Morgan fingerprint density at radius 3 is 1.22 bits per heavy atom. The van der Waals surface area contributed by atoms with Crippen LogP contribution in [0.5, 0.6) is 0 Å². The molecule has 0 aromatic heterocycles. The number of alkyl halides is 6. The number of para-hydroxylation sites is 2. The van der Waals surface area contributed by atoms with Crippen LogP contribution in [-0.2, 0) is 34.9 Å². The maximum absolute atomic E-state index is 13.4. The molecule has 0 saturated carbocycles. The topological polar surface area (TPSA) is 227 Å². The Kier molecular flexibility index (Phi) is 17.3. The van der Waals surface area contributed by atoms with Crippen molar-refractivity contribution in [1.82, 2.24) is 0 Å². The molecule has 352 valence electrons. The molecule has 0 aliphatic rings. The first-order chi connectivity index (χ1) is 31.3. The van der Waals surface area contributed by atoms with Crippen molar-refractivity contribution < 1.29 is 65.2 Å². The van der Waals surface area contributed by atoms with Crippen LogP contribution >= 0.6 is 12.4 Å². The lowest BCUT2D eigenvalue weighted by atomic mass is 10.1. The molecule has 0 atom stereocenters. The van der Waals surface area contributed by atoms with E-state index in [4.69, 9.17) is 20.9 Å². The molecule has 10 N–H and O–H groups in total. The molecule has 0 fully saturated rings. The summed E-state index contributed by atoms with van der Waals surface area (Å²) in [6.45, 7) is 0.293. The minimum Gasteiger partial charge on any atom is -0.478 e. The van der Waals surface area contributed by atoms with Crippen LogP contribution in [0.25, 0.3) is 0 Å². The average Bonchev–Trinajstić information content (AvgIpc) is 3.29. The minimum atomic E-state index is -4.64. The molecule has 0 amide bonds. The van der Waals surface area contributed by atoms with E-state index in [1.807, 2.05) is 0 Å². The zero-order valence-electron chi connectivity index (χ0n) is 35.1. The Hall–Kier alpha value is -7.81. The number of hydrogen-bond acceptors (Lipinski definition) is 12. The van der Waals surface area contributed by atoms with Crippen molar-refractivity contribution in [3.05, 3.63) is 166 Å². The molecule has 14 nitrogen and oxygen atoms in total. The van der Waals surface area contributed by atoms with Crippen molar-refractivity contribution in [3.8, 4) is 0 Å². The van der Waals surface area contributed by atoms with E-state index in [1.54, 1.807) is 30.3 Å². The van der Waals surface area contributed by atoms with E-state index in [0.717, 1.165) is 30.3 Å². The van der Waals surface area contributed by atoms with Gasteiger partial charge in [0.25, 0.3) is 0 Å². The third kappa shape index (κ3) is 13.2. The van der Waals surface area contributed by atoms with E-state index in [9.17, 15) is 55.7 Å². The molecule has 67 heavy (non-hydrogen) atoms. The van der Waals surface area contributed by atoms with E-state index in [2.05, 4.69) is 21.3 Å². The van der Waals surface area contributed by atoms with Crippen molar-refractivity contribution >= 4 is 81.8 Å². The van der Waals surface area contributed by atoms with Gasteiger partial charge < -0.3 is 52.4 Å². The van der Waals surface area contributed by atoms with Crippen molar-refractivity contribution in [3.63, 3.8) is 0 Å². The number of carboxylic acids is 2. The van der Waals surface area contributed by atoms with Gasteiger partial charge in [-0.3, -0.25) is 0 Å². The van der Waals surface area contributed by atoms with Gasteiger partial charge in [0.05, 0.1) is 93.1 Å². The number of aromatic carboxylic acids is 2. The number of ether oxygens (including phenoxy) is 2. The summed E-state index contributed by atoms with van der Waals surface area (Å²) in [7, 11) is 2.42. The number of hydrogen-bond donors (Lipinski definition) is 8. The maximum Gasteiger partial charge on any atom is 0.416 e. The van der Waals surface area contributed by atoms with Gasteiger partial charge >= 0.3 is 36.2 Å². The maximum atomic E-state index is 13.4. The van der Waals surface area contributed by atoms with E-state index in [0.29, 0.717) is 16.8 Å². The summed E-state index contributed by atoms with van der Waals surface area (Å²) in [5.41, 5.74) is 11.6. The zero-order valence-corrected chi connectivity index (χ0v) is 36.0. The number of carbonyl (C=O) groups excluding carboxylic acids is 2. The summed E-state index contributed by atoms with van der Waals surface area (Å²) < 4.78 is 89.8. The highest BCUT2D eigenvalue weighted by molar-refractivity contribution is 6.00. The van der Waals surface area contributed by atoms with Crippen LogP contribution in [0, 0.1) is 0 Å². The minimum absolute atomic E-state index is 0. The number of anilines is 8. The molecule has 0 bridgehead atoms. The largest absolute Gasteiger partial charge is 0.478 e. The summed E-state index contributed by atoms with van der Waals surface area (Å²) in [6.07, 6.45) is -9.24. The van der Waals surface area contributed by atoms with Crippen LogP contribution in [0.15, 0.2) is 121 Å². The SMILES string of the molecule is COC(=O)c1ccccc1Nc1cc(C(F)(F)F)ccc1Nc1ccc(CN)cc1C(=O)OC.Cl.NCc1ccc(Nc2ccc(C(F)(F)F)cc2Nc2ccccc2C(=O)O)c(C(=O)O)c1. The van der Waals surface area contributed by atoms with E-state index in [-0.39, 0.29) is 87.6 Å². The number of benzene rings is 6. The molecule has 6 rings (SSSR count). The van der Waals surface area contributed by atoms with Gasteiger partial charge in [-0.15, -0.1) is 12.4 Å². The smallest absolute Gasteiger partial charge is 0.416 e. The fourth-order valence-electron chi connectivity index (χ4n) is 6.22. The van der Waals surface area contributed by atoms with Gasteiger partial charge in [-0.25, -0.2) is 19.2 Å². The van der Waals surface area contributed by atoms with Crippen LogP contribution in [0.3, 0.4) is 0 Å². The summed E-state index contributed by atoms with van der Waals surface area (Å²) in [5, 5.41) is 30.3. The van der Waals surface area contributed by atoms with Crippen LogP contribution in [-0.4, -0.2) is 48.3 Å². The first-order valence-corrected chi connectivity index (χ1v) is 19.3. The van der Waals surface area contributed by atoms with Crippen LogP contribution in [0.4, 0.5) is 71.8 Å². The number of methoxy groups -OCH3 is 2.